The average molecular weight is 1190 g/mol. The standard InChI is InChI=1S/C21H19ClN2.C20H19BrClF3N2O.C18H18BrFN2O/c22-20-10-4-9-19(21-23-13-14-24-21)18(20)12-11-16-7-3-6-15-5-1-2-8-17(15)16;1-28-18-8-6-14(21)11-13(18)5-7-15-16(3-2-4-17(15)22)19-26-9-10-27(19)12-20(23,24)25;1-23-17-8-6-13(19)11-12(17)5-7-14-15(3-2-4-16(14)20)18-21-9-10-22-18/h1-10H,11-14H2,(H,23,24);2-4,6,8,11H,5,7,9-10,12H2,1H3;2-4,6,8,11H,5,7,9-10H2,1H3,(H,21,22). The van der Waals surface area contributed by atoms with E-state index in [1.165, 1.54) is 32.9 Å². The number of alkyl halides is 3. The van der Waals surface area contributed by atoms with Crippen molar-refractivity contribution in [3.63, 3.8) is 0 Å². The lowest BCUT2D eigenvalue weighted by Crippen LogP contribution is -2.37. The summed E-state index contributed by atoms with van der Waals surface area (Å²) in [6.07, 6.45) is 0.0640. The Morgan fingerprint density at radius 2 is 1.07 bits per heavy atom. The average Bonchev–Trinajstić information content (AvgIpc) is 4.23. The van der Waals surface area contributed by atoms with Gasteiger partial charge in [0, 0.05) is 55.3 Å². The minimum absolute atomic E-state index is 0.187. The van der Waals surface area contributed by atoms with Crippen LogP contribution in [0.5, 0.6) is 11.5 Å². The molecular formula is C59H56Br2Cl2F4N6O2. The van der Waals surface area contributed by atoms with Gasteiger partial charge in [0.2, 0.25) is 0 Å². The number of hydrogen-bond donors (Lipinski definition) is 2. The maximum Gasteiger partial charge on any atom is 0.405 e. The lowest BCUT2D eigenvalue weighted by atomic mass is 9.96. The van der Waals surface area contributed by atoms with Gasteiger partial charge in [-0.2, -0.15) is 13.2 Å². The Morgan fingerprint density at radius 3 is 1.64 bits per heavy atom. The van der Waals surface area contributed by atoms with Gasteiger partial charge in [-0.05, 0) is 137 Å². The van der Waals surface area contributed by atoms with Crippen molar-refractivity contribution in [1.82, 2.24) is 15.5 Å². The van der Waals surface area contributed by atoms with Crippen molar-refractivity contribution >= 4 is 83.3 Å². The highest BCUT2D eigenvalue weighted by Gasteiger charge is 2.34. The van der Waals surface area contributed by atoms with Crippen molar-refractivity contribution in [2.24, 2.45) is 15.0 Å². The molecule has 0 aliphatic carbocycles. The van der Waals surface area contributed by atoms with Crippen molar-refractivity contribution in [3.8, 4) is 11.5 Å². The van der Waals surface area contributed by atoms with Crippen LogP contribution in [0.25, 0.3) is 10.8 Å². The summed E-state index contributed by atoms with van der Waals surface area (Å²) in [7, 11) is 3.26. The number of nitrogens with zero attached hydrogens (tertiary/aromatic N) is 4. The number of aliphatic imine (C=N–C) groups is 3. The molecule has 0 saturated carbocycles. The Morgan fingerprint density at radius 1 is 0.560 bits per heavy atom. The summed E-state index contributed by atoms with van der Waals surface area (Å²) in [6.45, 7) is 2.87. The molecule has 7 aromatic carbocycles. The molecule has 16 heteroatoms. The quantitative estimate of drug-likeness (QED) is 0.1000. The Labute approximate surface area is 462 Å². The van der Waals surface area contributed by atoms with Crippen LogP contribution in [0.15, 0.2) is 157 Å². The van der Waals surface area contributed by atoms with Crippen LogP contribution in [0.4, 0.5) is 17.6 Å². The molecule has 0 fully saturated rings. The third-order valence-corrected chi connectivity index (χ3v) is 14.7. The first-order valence-corrected chi connectivity index (χ1v) is 27.0. The van der Waals surface area contributed by atoms with Gasteiger partial charge in [-0.15, -0.1) is 0 Å². The van der Waals surface area contributed by atoms with E-state index in [0.717, 1.165) is 104 Å². The molecule has 0 radical (unpaired) electrons. The first-order valence-electron chi connectivity index (χ1n) is 24.7. The van der Waals surface area contributed by atoms with E-state index in [1.54, 1.807) is 38.5 Å². The fraction of sp³-hybridized carbons (Fsp3) is 0.271. The Bertz CT molecular complexity index is 3220. The zero-order valence-electron chi connectivity index (χ0n) is 41.5. The Balaban J connectivity index is 0.000000150. The second kappa shape index (κ2) is 26.2. The van der Waals surface area contributed by atoms with E-state index in [-0.39, 0.29) is 12.4 Å². The number of benzene rings is 7. The fourth-order valence-electron chi connectivity index (χ4n) is 9.53. The monoisotopic (exact) mass is 1180 g/mol. The molecule has 0 bridgehead atoms. The molecule has 10 rings (SSSR count). The third-order valence-electron chi connectivity index (χ3n) is 13.1. The molecule has 0 unspecified atom stereocenters. The normalized spacial score (nSPS) is 13.9. The smallest absolute Gasteiger partial charge is 0.405 e. The van der Waals surface area contributed by atoms with Gasteiger partial charge in [0.25, 0.3) is 0 Å². The van der Waals surface area contributed by atoms with Crippen molar-refractivity contribution in [2.45, 2.75) is 44.7 Å². The Hall–Kier alpha value is -5.93. The summed E-state index contributed by atoms with van der Waals surface area (Å²) < 4.78 is 65.9. The lowest BCUT2D eigenvalue weighted by molar-refractivity contribution is -0.136. The van der Waals surface area contributed by atoms with Crippen LogP contribution >= 0.6 is 55.1 Å². The predicted molar refractivity (Wildman–Crippen MR) is 305 cm³/mol. The van der Waals surface area contributed by atoms with E-state index in [4.69, 9.17) is 32.7 Å². The van der Waals surface area contributed by atoms with Gasteiger partial charge in [-0.1, -0.05) is 134 Å². The van der Waals surface area contributed by atoms with Gasteiger partial charge >= 0.3 is 6.18 Å². The molecule has 2 N–H and O–H groups in total. The van der Waals surface area contributed by atoms with Crippen molar-refractivity contribution < 1.29 is 27.0 Å². The van der Waals surface area contributed by atoms with Gasteiger partial charge in [-0.3, -0.25) is 15.0 Å². The molecule has 7 aromatic rings. The summed E-state index contributed by atoms with van der Waals surface area (Å²) in [5, 5.41) is 10.5. The molecule has 0 aromatic heterocycles. The van der Waals surface area contributed by atoms with E-state index < -0.39 is 12.7 Å². The second-order valence-corrected chi connectivity index (χ2v) is 20.6. The molecule has 75 heavy (non-hydrogen) atoms. The van der Waals surface area contributed by atoms with Crippen molar-refractivity contribution in [1.29, 1.82) is 0 Å². The van der Waals surface area contributed by atoms with Gasteiger partial charge in [0.15, 0.2) is 0 Å². The van der Waals surface area contributed by atoms with E-state index in [2.05, 4.69) is 106 Å². The van der Waals surface area contributed by atoms with Crippen LogP contribution in [-0.4, -0.2) is 88.6 Å². The summed E-state index contributed by atoms with van der Waals surface area (Å²) in [5.41, 5.74) is 8.72. The molecule has 3 aliphatic heterocycles. The molecule has 3 aliphatic rings. The highest BCUT2D eigenvalue weighted by molar-refractivity contribution is 9.10. The zero-order chi connectivity index (χ0) is 52.9. The third kappa shape index (κ3) is 14.5. The lowest BCUT2D eigenvalue weighted by Gasteiger charge is -2.23. The SMILES string of the molecule is COc1ccc(Br)cc1CCc1c(Cl)cccc1C1=NCCN1CC(F)(F)F.COc1ccc(Br)cc1CCc1c(F)cccc1C1=NCCN1.Clc1cccc(C2=NCCN2)c1CCc1cccc2ccccc12. The molecule has 0 spiro atoms. The van der Waals surface area contributed by atoms with E-state index in [9.17, 15) is 17.6 Å². The molecule has 3 heterocycles. The van der Waals surface area contributed by atoms with Crippen LogP contribution in [0.2, 0.25) is 10.0 Å². The van der Waals surface area contributed by atoms with E-state index >= 15 is 0 Å². The number of fused-ring (bicyclic) bond motifs is 1. The maximum atomic E-state index is 14.3. The molecular weight excluding hydrogens is 1130 g/mol. The van der Waals surface area contributed by atoms with Crippen LogP contribution in [0, 0.1) is 5.82 Å². The Kier molecular flexibility index (Phi) is 19.3. The first-order chi connectivity index (χ1) is 36.3. The first kappa shape index (κ1) is 55.3. The molecule has 8 nitrogen and oxygen atoms in total. The van der Waals surface area contributed by atoms with Crippen LogP contribution in [0.3, 0.4) is 0 Å². The number of nitrogens with one attached hydrogen (secondary N) is 2. The van der Waals surface area contributed by atoms with Gasteiger partial charge in [0.05, 0.1) is 33.9 Å². The van der Waals surface area contributed by atoms with Crippen LogP contribution < -0.4 is 20.1 Å². The van der Waals surface area contributed by atoms with Crippen LogP contribution in [-0.2, 0) is 38.5 Å². The van der Waals surface area contributed by atoms with Gasteiger partial charge in [0.1, 0.15) is 41.4 Å². The number of rotatable bonds is 15. The number of ether oxygens (including phenoxy) is 2. The molecule has 390 valence electrons. The van der Waals surface area contributed by atoms with Gasteiger partial charge in [-0.25, -0.2) is 4.39 Å². The van der Waals surface area contributed by atoms with Gasteiger partial charge < -0.3 is 25.0 Å². The largest absolute Gasteiger partial charge is 0.496 e. The highest BCUT2D eigenvalue weighted by atomic mass is 79.9. The second-order valence-electron chi connectivity index (χ2n) is 17.9. The summed E-state index contributed by atoms with van der Waals surface area (Å²) in [6, 6.07) is 43.2. The minimum Gasteiger partial charge on any atom is -0.496 e. The number of amidine groups is 3. The highest BCUT2D eigenvalue weighted by Crippen LogP contribution is 2.31. The van der Waals surface area contributed by atoms with Crippen molar-refractivity contribution in [2.75, 3.05) is 60.0 Å². The number of hydrogen-bond acceptors (Lipinski definition) is 8. The van der Waals surface area contributed by atoms with E-state index in [0.29, 0.717) is 54.2 Å². The fourth-order valence-corrected chi connectivity index (χ4v) is 10.9. The zero-order valence-corrected chi connectivity index (χ0v) is 46.2. The number of halogens is 8. The topological polar surface area (TPSA) is 82.8 Å². The predicted octanol–water partition coefficient (Wildman–Crippen LogP) is 13.9. The van der Waals surface area contributed by atoms with Crippen molar-refractivity contribution in [3.05, 3.63) is 208 Å². The molecule has 0 amide bonds. The van der Waals surface area contributed by atoms with Crippen LogP contribution in [0.1, 0.15) is 50.1 Å². The summed E-state index contributed by atoms with van der Waals surface area (Å²) in [5.74, 6) is 3.52. The number of methoxy groups -OCH3 is 2. The summed E-state index contributed by atoms with van der Waals surface area (Å²) >= 11 is 19.9. The van der Waals surface area contributed by atoms with E-state index in [1.807, 2.05) is 54.6 Å². The minimum atomic E-state index is -4.28. The maximum absolute atomic E-state index is 14.3. The summed E-state index contributed by atoms with van der Waals surface area (Å²) in [4.78, 5) is 14.6. The number of aryl methyl sites for hydroxylation is 3. The molecule has 0 atom stereocenters. The molecule has 0 saturated heterocycles.